The second-order valence-electron chi connectivity index (χ2n) is 6.20. The highest BCUT2D eigenvalue weighted by molar-refractivity contribution is 6.23. The van der Waals surface area contributed by atoms with E-state index >= 15 is 0 Å². The Balaban J connectivity index is 1.89. The quantitative estimate of drug-likeness (QED) is 0.120. The normalized spacial score (nSPS) is 15.3. The van der Waals surface area contributed by atoms with Crippen LogP contribution >= 0.6 is 0 Å². The number of carbonyl (C=O) groups is 4. The smallest absolute Gasteiger partial charge is 0.331 e. The minimum absolute atomic E-state index is 0.000125. The average Bonchev–Trinajstić information content (AvgIpc) is 2.67. The number of ether oxygens (including phenoxy) is 2. The van der Waals surface area contributed by atoms with Gasteiger partial charge in [0.2, 0.25) is 5.78 Å². The molecule has 0 spiro atoms. The Morgan fingerprint density at radius 3 is 2.25 bits per heavy atom. The molecule has 0 radical (unpaired) electrons. The highest BCUT2D eigenvalue weighted by Crippen LogP contribution is 2.15. The molecule has 14 heteroatoms. The Morgan fingerprint density at radius 2 is 1.69 bits per heavy atom. The third kappa shape index (κ3) is 5.88. The van der Waals surface area contributed by atoms with E-state index < -0.39 is 65.2 Å². The number of aliphatic hydroxyl groups excluding tert-OH is 1. The summed E-state index contributed by atoms with van der Waals surface area (Å²) in [7, 11) is 0. The van der Waals surface area contributed by atoms with Crippen molar-refractivity contribution in [3.63, 3.8) is 0 Å². The van der Waals surface area contributed by atoms with Gasteiger partial charge < -0.3 is 31.0 Å². The number of aromatic nitrogens is 2. The Kier molecular flexibility index (Phi) is 7.23. The summed E-state index contributed by atoms with van der Waals surface area (Å²) < 4.78 is 9.24. The first-order chi connectivity index (χ1) is 15.0. The molecule has 168 valence electrons. The Bertz CT molecular complexity index is 1180. The fourth-order valence-corrected chi connectivity index (χ4v) is 2.44. The van der Waals surface area contributed by atoms with Crippen molar-refractivity contribution in [3.05, 3.63) is 62.2 Å². The van der Waals surface area contributed by atoms with E-state index in [0.29, 0.717) is 12.2 Å². The van der Waals surface area contributed by atoms with Crippen LogP contribution in [-0.4, -0.2) is 57.6 Å². The monoisotopic (exact) mass is 447 g/mol. The molecule has 1 fully saturated rings. The number of hydrogen-bond acceptors (Lipinski definition) is 11. The number of allylic oxidation sites excluding steroid dienone is 1. The number of nitrogens with two attached hydrogens (primary N) is 1. The third-order valence-corrected chi connectivity index (χ3v) is 3.80. The van der Waals surface area contributed by atoms with Gasteiger partial charge in [0, 0.05) is 24.3 Å². The van der Waals surface area contributed by atoms with E-state index in [1.165, 1.54) is 0 Å². The first-order valence-electron chi connectivity index (χ1n) is 8.65. The molecule has 2 heterocycles. The number of esters is 2. The number of ketones is 1. The van der Waals surface area contributed by atoms with Gasteiger partial charge in [-0.2, -0.15) is 0 Å². The highest BCUT2D eigenvalue weighted by Gasteiger charge is 2.26. The van der Waals surface area contributed by atoms with E-state index in [0.717, 1.165) is 0 Å². The number of hydrogen-bond donors (Lipinski definition) is 6. The van der Waals surface area contributed by atoms with Crippen LogP contribution in [0, 0.1) is 5.41 Å². The topological polar surface area (TPSA) is 235 Å². The molecule has 0 aromatic carbocycles. The van der Waals surface area contributed by atoms with Crippen LogP contribution in [-0.2, 0) is 23.9 Å². The van der Waals surface area contributed by atoms with Crippen molar-refractivity contribution in [2.75, 3.05) is 18.9 Å². The van der Waals surface area contributed by atoms with E-state index in [1.807, 2.05) is 4.98 Å². The molecule has 0 saturated carbocycles. The van der Waals surface area contributed by atoms with Gasteiger partial charge in [-0.3, -0.25) is 24.4 Å². The summed E-state index contributed by atoms with van der Waals surface area (Å²) in [5.74, 6) is -5.20. The molecule has 32 heavy (non-hydrogen) atoms. The zero-order chi connectivity index (χ0) is 24.0. The van der Waals surface area contributed by atoms with Gasteiger partial charge in [0.1, 0.15) is 29.3 Å². The lowest BCUT2D eigenvalue weighted by molar-refractivity contribution is -0.139. The van der Waals surface area contributed by atoms with Gasteiger partial charge in [0.25, 0.3) is 11.5 Å². The Hall–Kier alpha value is -4.75. The Morgan fingerprint density at radius 1 is 1.09 bits per heavy atom. The molecular formula is C18H17N5O9. The number of aliphatic hydroxyl groups is 1. The van der Waals surface area contributed by atoms with Crippen molar-refractivity contribution < 1.29 is 33.8 Å². The molecule has 1 aliphatic heterocycles. The van der Waals surface area contributed by atoms with Crippen molar-refractivity contribution in [1.82, 2.24) is 15.3 Å². The summed E-state index contributed by atoms with van der Waals surface area (Å²) in [5.41, 5.74) is 2.50. The average molecular weight is 447 g/mol. The standard InChI is InChI=1S/C18H17N5O9/c1-7-4-8(19)13(16(28)21-7)9(24)5-31-11(26)2-3-12(27)32-6-10(25)14-15(20)22-18(30)23-17(14)29/h2-3,19,24H,1,4-6H2,(H,21,28)(H4,20,22,23,29,30)/b3-2+,13-9?,19-8?. The molecule has 7 N–H and O–H groups in total. The number of anilines is 1. The summed E-state index contributed by atoms with van der Waals surface area (Å²) in [4.78, 5) is 73.4. The number of nitrogens with one attached hydrogen (secondary N) is 4. The zero-order valence-electron chi connectivity index (χ0n) is 16.3. The van der Waals surface area contributed by atoms with Crippen LogP contribution in [0.25, 0.3) is 0 Å². The molecule has 1 aromatic heterocycles. The maximum atomic E-state index is 11.9. The van der Waals surface area contributed by atoms with E-state index in [1.54, 1.807) is 4.98 Å². The predicted octanol–water partition coefficient (Wildman–Crippen LogP) is -1.66. The lowest BCUT2D eigenvalue weighted by Crippen LogP contribution is -2.35. The van der Waals surface area contributed by atoms with Crippen molar-refractivity contribution in [2.24, 2.45) is 0 Å². The van der Waals surface area contributed by atoms with Crippen molar-refractivity contribution in [3.8, 4) is 0 Å². The number of aromatic amines is 2. The Labute approximate surface area is 177 Å². The number of carbonyl (C=O) groups excluding carboxylic acids is 4. The van der Waals surface area contributed by atoms with E-state index in [9.17, 15) is 33.9 Å². The van der Waals surface area contributed by atoms with Gasteiger partial charge in [0.15, 0.2) is 6.61 Å². The maximum absolute atomic E-state index is 11.9. The number of nitrogen functional groups attached to an aromatic ring is 1. The van der Waals surface area contributed by atoms with Gasteiger partial charge >= 0.3 is 17.6 Å². The van der Waals surface area contributed by atoms with Gasteiger partial charge in [-0.05, 0) is 0 Å². The molecule has 1 aliphatic rings. The number of piperidine rings is 1. The highest BCUT2D eigenvalue weighted by atomic mass is 16.5. The maximum Gasteiger partial charge on any atom is 0.331 e. The number of rotatable bonds is 7. The number of H-pyrrole nitrogens is 2. The fourth-order valence-electron chi connectivity index (χ4n) is 2.44. The van der Waals surface area contributed by atoms with Gasteiger partial charge in [0.05, 0.1) is 5.71 Å². The second-order valence-corrected chi connectivity index (χ2v) is 6.20. The lowest BCUT2D eigenvalue weighted by Gasteiger charge is -2.19. The van der Waals surface area contributed by atoms with Crippen LogP contribution in [0.1, 0.15) is 16.8 Å². The van der Waals surface area contributed by atoms with Crippen LogP contribution in [0.2, 0.25) is 0 Å². The molecule has 2 rings (SSSR count). The predicted molar refractivity (Wildman–Crippen MR) is 107 cm³/mol. The molecule has 0 atom stereocenters. The summed E-state index contributed by atoms with van der Waals surface area (Å²) in [6.07, 6.45) is 1.24. The van der Waals surface area contributed by atoms with Crippen LogP contribution in [0.3, 0.4) is 0 Å². The van der Waals surface area contributed by atoms with E-state index in [4.69, 9.17) is 11.1 Å². The summed E-state index contributed by atoms with van der Waals surface area (Å²) >= 11 is 0. The summed E-state index contributed by atoms with van der Waals surface area (Å²) in [6.45, 7) is 1.85. The molecule has 1 aromatic rings. The van der Waals surface area contributed by atoms with Crippen molar-refractivity contribution >= 4 is 35.2 Å². The molecule has 0 unspecified atom stereocenters. The van der Waals surface area contributed by atoms with Gasteiger partial charge in [-0.15, -0.1) is 0 Å². The van der Waals surface area contributed by atoms with E-state index in [-0.39, 0.29) is 23.4 Å². The lowest BCUT2D eigenvalue weighted by atomic mass is 10.00. The SMILES string of the molecule is C=C1CC(=N)C(=C(O)COC(=O)/C=C/C(=O)OCC(=O)c2c(N)[nH]c(=O)[nH]c2=O)C(=O)N1. The first kappa shape index (κ1) is 23.5. The molecule has 1 saturated heterocycles. The van der Waals surface area contributed by atoms with Gasteiger partial charge in [-0.1, -0.05) is 6.58 Å². The van der Waals surface area contributed by atoms with Crippen LogP contribution in [0.5, 0.6) is 0 Å². The minimum atomic E-state index is -1.15. The van der Waals surface area contributed by atoms with E-state index in [2.05, 4.69) is 21.4 Å². The zero-order valence-corrected chi connectivity index (χ0v) is 16.3. The molecule has 14 nitrogen and oxygen atoms in total. The molecule has 0 bridgehead atoms. The van der Waals surface area contributed by atoms with Crippen molar-refractivity contribution in [1.29, 1.82) is 5.41 Å². The largest absolute Gasteiger partial charge is 0.508 e. The molecule has 0 aliphatic carbocycles. The molecular weight excluding hydrogens is 430 g/mol. The third-order valence-electron chi connectivity index (χ3n) is 3.80. The molecule has 1 amide bonds. The minimum Gasteiger partial charge on any atom is -0.508 e. The summed E-state index contributed by atoms with van der Waals surface area (Å²) in [5, 5.41) is 19.9. The second kappa shape index (κ2) is 9.84. The van der Waals surface area contributed by atoms with Crippen LogP contribution in [0.4, 0.5) is 5.82 Å². The summed E-state index contributed by atoms with van der Waals surface area (Å²) in [6, 6.07) is 0. The van der Waals surface area contributed by atoms with Crippen LogP contribution < -0.4 is 22.3 Å². The first-order valence-corrected chi connectivity index (χ1v) is 8.65. The number of amides is 1. The fraction of sp³-hybridized carbons (Fsp3) is 0.167. The van der Waals surface area contributed by atoms with Gasteiger partial charge in [-0.25, -0.2) is 14.4 Å². The van der Waals surface area contributed by atoms with Crippen molar-refractivity contribution in [2.45, 2.75) is 6.42 Å². The number of Topliss-reactive ketones (excluding diaryl/α,β-unsaturated/α-hetero) is 1. The van der Waals surface area contributed by atoms with Crippen LogP contribution in [0.15, 0.2) is 45.3 Å².